The van der Waals surface area contributed by atoms with E-state index in [0.717, 1.165) is 38.5 Å². The first-order valence-electron chi connectivity index (χ1n) is 16.4. The molecule has 0 aromatic heterocycles. The van der Waals surface area contributed by atoms with Crippen LogP contribution in [0.15, 0.2) is 97.1 Å². The molecule has 1 N–H and O–H groups in total. The maximum atomic E-state index is 11.7. The van der Waals surface area contributed by atoms with Gasteiger partial charge in [-0.1, -0.05) is 132 Å². The number of esters is 1. The Bertz CT molecular complexity index is 1510. The van der Waals surface area contributed by atoms with E-state index in [1.165, 1.54) is 74.9 Å². The van der Waals surface area contributed by atoms with E-state index < -0.39 is 5.97 Å². The highest BCUT2D eigenvalue weighted by atomic mass is 16.5. The minimum Gasteiger partial charge on any atom is -0.462 e. The smallest absolute Gasteiger partial charge is 0.335 e. The lowest BCUT2D eigenvalue weighted by Gasteiger charge is -2.15. The highest BCUT2D eigenvalue weighted by Crippen LogP contribution is 2.33. The zero-order chi connectivity index (χ0) is 31.3. The molecule has 3 nitrogen and oxygen atoms in total. The molecule has 0 saturated heterocycles. The fraction of sp³-hybridized carbons (Fsp3) is 0.341. The summed E-state index contributed by atoms with van der Waals surface area (Å²) in [6.45, 7) is 10.1. The summed E-state index contributed by atoms with van der Waals surface area (Å²) in [5.74, 6) is -0.524. The highest BCUT2D eigenvalue weighted by molar-refractivity contribution is 5.87. The molecular weight excluding hydrogens is 540 g/mol. The fourth-order valence-corrected chi connectivity index (χ4v) is 5.79. The van der Waals surface area contributed by atoms with Crippen LogP contribution in [0.4, 0.5) is 0 Å². The van der Waals surface area contributed by atoms with Gasteiger partial charge in [-0.2, -0.15) is 0 Å². The lowest BCUT2D eigenvalue weighted by molar-refractivity contribution is -0.139. The normalized spacial score (nSPS) is 11.0. The van der Waals surface area contributed by atoms with Crippen molar-refractivity contribution in [2.45, 2.75) is 78.6 Å². The Morgan fingerprint density at radius 3 is 1.89 bits per heavy atom. The van der Waals surface area contributed by atoms with Gasteiger partial charge in [0, 0.05) is 0 Å². The number of benzene rings is 4. The van der Waals surface area contributed by atoms with Gasteiger partial charge < -0.3 is 9.84 Å². The van der Waals surface area contributed by atoms with Crippen molar-refractivity contribution >= 4 is 5.97 Å². The van der Waals surface area contributed by atoms with Crippen LogP contribution in [0.5, 0.6) is 0 Å². The minimum absolute atomic E-state index is 0.0909. The number of ether oxygens (including phenoxy) is 1. The third-order valence-electron chi connectivity index (χ3n) is 8.40. The van der Waals surface area contributed by atoms with Gasteiger partial charge in [0.05, 0.1) is 18.8 Å². The standard InChI is InChI=1S/C41H48O3/c1-5-8-9-12-31-14-16-34(17-15-31)35-18-20-36(21-19-35)37-24-25-40(38(28-37)11-6-2)39-23-22-33(32(7-3)27-39)13-10-26-44-41(43)30(4)29-42/h14-25,27-28,42H,4-13,26,29H2,1-3H3. The molecule has 0 aliphatic rings. The van der Waals surface area contributed by atoms with Crippen molar-refractivity contribution in [3.8, 4) is 33.4 Å². The Kier molecular flexibility index (Phi) is 12.6. The summed E-state index contributed by atoms with van der Waals surface area (Å²) in [6.07, 6.45) is 9.60. The van der Waals surface area contributed by atoms with Crippen LogP contribution >= 0.6 is 0 Å². The predicted molar refractivity (Wildman–Crippen MR) is 185 cm³/mol. The topological polar surface area (TPSA) is 46.5 Å². The van der Waals surface area contributed by atoms with E-state index in [-0.39, 0.29) is 12.2 Å². The molecule has 44 heavy (non-hydrogen) atoms. The Hall–Kier alpha value is -3.95. The van der Waals surface area contributed by atoms with Gasteiger partial charge >= 0.3 is 5.97 Å². The van der Waals surface area contributed by atoms with E-state index in [1.807, 2.05) is 0 Å². The van der Waals surface area contributed by atoms with Gasteiger partial charge in [-0.15, -0.1) is 0 Å². The second kappa shape index (κ2) is 16.8. The van der Waals surface area contributed by atoms with Crippen molar-refractivity contribution in [1.29, 1.82) is 0 Å². The molecule has 0 bridgehead atoms. The molecule has 0 amide bonds. The predicted octanol–water partition coefficient (Wildman–Crippen LogP) is 9.96. The molecule has 3 heteroatoms. The number of rotatable bonds is 16. The molecule has 4 aromatic rings. The van der Waals surface area contributed by atoms with Crippen LogP contribution in [0.2, 0.25) is 0 Å². The van der Waals surface area contributed by atoms with Crippen molar-refractivity contribution < 1.29 is 14.6 Å². The van der Waals surface area contributed by atoms with E-state index in [9.17, 15) is 4.79 Å². The summed E-state index contributed by atoms with van der Waals surface area (Å²) in [6, 6.07) is 31.7. The van der Waals surface area contributed by atoms with Gasteiger partial charge in [-0.3, -0.25) is 0 Å². The van der Waals surface area contributed by atoms with E-state index >= 15 is 0 Å². The molecule has 0 aliphatic heterocycles. The van der Waals surface area contributed by atoms with Crippen molar-refractivity contribution in [3.05, 3.63) is 119 Å². The Morgan fingerprint density at radius 1 is 0.636 bits per heavy atom. The summed E-state index contributed by atoms with van der Waals surface area (Å²) >= 11 is 0. The largest absolute Gasteiger partial charge is 0.462 e. The average molecular weight is 589 g/mol. The number of carbonyl (C=O) groups is 1. The monoisotopic (exact) mass is 588 g/mol. The van der Waals surface area contributed by atoms with Gasteiger partial charge in [-0.05, 0) is 94.2 Å². The van der Waals surface area contributed by atoms with Crippen molar-refractivity contribution in [1.82, 2.24) is 0 Å². The maximum Gasteiger partial charge on any atom is 0.335 e. The van der Waals surface area contributed by atoms with Crippen LogP contribution in [0.1, 0.15) is 75.1 Å². The molecule has 0 saturated carbocycles. The Balaban J connectivity index is 1.47. The number of unbranched alkanes of at least 4 members (excludes halogenated alkanes) is 2. The number of hydrogen-bond acceptors (Lipinski definition) is 3. The molecule has 4 rings (SSSR count). The first kappa shape index (κ1) is 33.0. The molecule has 0 unspecified atom stereocenters. The number of carbonyl (C=O) groups excluding carboxylic acids is 1. The molecule has 0 fully saturated rings. The van der Waals surface area contributed by atoms with Gasteiger partial charge in [0.2, 0.25) is 0 Å². The molecule has 0 atom stereocenters. The molecule has 4 aromatic carbocycles. The molecule has 0 spiro atoms. The minimum atomic E-state index is -0.524. The van der Waals surface area contributed by atoms with Crippen molar-refractivity contribution in [2.75, 3.05) is 13.2 Å². The van der Waals surface area contributed by atoms with Crippen LogP contribution in [-0.2, 0) is 35.2 Å². The third-order valence-corrected chi connectivity index (χ3v) is 8.40. The SMILES string of the molecule is C=C(CO)C(=O)OCCCc1ccc(-c2ccc(-c3ccc(-c4ccc(CCCCC)cc4)cc3)cc2CCC)cc1CC. The summed E-state index contributed by atoms with van der Waals surface area (Å²) in [4.78, 5) is 11.7. The first-order valence-corrected chi connectivity index (χ1v) is 16.4. The number of aliphatic hydroxyl groups excluding tert-OH is 1. The van der Waals surface area contributed by atoms with E-state index in [4.69, 9.17) is 9.84 Å². The zero-order valence-corrected chi connectivity index (χ0v) is 26.8. The van der Waals surface area contributed by atoms with Crippen LogP contribution in [-0.4, -0.2) is 24.3 Å². The second-order valence-corrected chi connectivity index (χ2v) is 11.7. The summed E-state index contributed by atoms with van der Waals surface area (Å²) in [7, 11) is 0. The molecule has 0 heterocycles. The summed E-state index contributed by atoms with van der Waals surface area (Å²) in [5, 5.41) is 9.03. The molecule has 0 radical (unpaired) electrons. The highest BCUT2D eigenvalue weighted by Gasteiger charge is 2.12. The maximum absolute atomic E-state index is 11.7. The number of aryl methyl sites for hydroxylation is 4. The Labute approximate surface area is 264 Å². The average Bonchev–Trinajstić information content (AvgIpc) is 3.07. The van der Waals surface area contributed by atoms with E-state index in [1.54, 1.807) is 0 Å². The van der Waals surface area contributed by atoms with Crippen LogP contribution in [0.25, 0.3) is 33.4 Å². The van der Waals surface area contributed by atoms with Crippen molar-refractivity contribution in [3.63, 3.8) is 0 Å². The van der Waals surface area contributed by atoms with Gasteiger partial charge in [0.25, 0.3) is 0 Å². The zero-order valence-electron chi connectivity index (χ0n) is 26.8. The first-order chi connectivity index (χ1) is 21.5. The van der Waals surface area contributed by atoms with E-state index in [2.05, 4.69) is 112 Å². The quantitative estimate of drug-likeness (QED) is 0.0805. The lowest BCUT2D eigenvalue weighted by Crippen LogP contribution is -2.11. The lowest BCUT2D eigenvalue weighted by atomic mass is 9.90. The van der Waals surface area contributed by atoms with Gasteiger partial charge in [0.15, 0.2) is 0 Å². The molecule has 0 aliphatic carbocycles. The van der Waals surface area contributed by atoms with Gasteiger partial charge in [-0.25, -0.2) is 4.79 Å². The molecular formula is C41H48O3. The number of hydrogen-bond donors (Lipinski definition) is 1. The van der Waals surface area contributed by atoms with Crippen molar-refractivity contribution in [2.24, 2.45) is 0 Å². The summed E-state index contributed by atoms with van der Waals surface area (Å²) < 4.78 is 5.22. The van der Waals surface area contributed by atoms with E-state index in [0.29, 0.717) is 6.61 Å². The Morgan fingerprint density at radius 2 is 1.25 bits per heavy atom. The van der Waals surface area contributed by atoms with Crippen LogP contribution in [0, 0.1) is 0 Å². The molecule has 230 valence electrons. The van der Waals surface area contributed by atoms with Crippen LogP contribution < -0.4 is 0 Å². The number of aliphatic hydroxyl groups is 1. The van der Waals surface area contributed by atoms with Gasteiger partial charge in [0.1, 0.15) is 0 Å². The third kappa shape index (κ3) is 8.80. The second-order valence-electron chi connectivity index (χ2n) is 11.7. The summed E-state index contributed by atoms with van der Waals surface area (Å²) in [5.41, 5.74) is 13.0. The fourth-order valence-electron chi connectivity index (χ4n) is 5.79. The van der Waals surface area contributed by atoms with Crippen LogP contribution in [0.3, 0.4) is 0 Å².